The van der Waals surface area contributed by atoms with Crippen molar-refractivity contribution in [2.45, 2.75) is 52.5 Å². The Bertz CT molecular complexity index is 766. The summed E-state index contributed by atoms with van der Waals surface area (Å²) >= 11 is 0. The summed E-state index contributed by atoms with van der Waals surface area (Å²) in [5.74, 6) is 1.66. The van der Waals surface area contributed by atoms with E-state index in [0.29, 0.717) is 12.2 Å². The number of hydrogen-bond acceptors (Lipinski definition) is 6. The molecule has 0 atom stereocenters. The van der Waals surface area contributed by atoms with E-state index in [1.807, 2.05) is 37.9 Å². The minimum absolute atomic E-state index is 0.00610. The van der Waals surface area contributed by atoms with Crippen LogP contribution >= 0.6 is 0 Å². The summed E-state index contributed by atoms with van der Waals surface area (Å²) in [6.07, 6.45) is 0.328. The molecular weight excluding hydrogens is 330 g/mol. The van der Waals surface area contributed by atoms with Gasteiger partial charge in [-0.15, -0.1) is 5.10 Å². The minimum Gasteiger partial charge on any atom is -0.361 e. The molecule has 7 heteroatoms. The van der Waals surface area contributed by atoms with Gasteiger partial charge >= 0.3 is 0 Å². The van der Waals surface area contributed by atoms with E-state index in [9.17, 15) is 4.79 Å². The highest BCUT2D eigenvalue weighted by Gasteiger charge is 2.34. The van der Waals surface area contributed by atoms with Gasteiger partial charge in [0.15, 0.2) is 5.82 Å². The Labute approximate surface area is 154 Å². The Kier molecular flexibility index (Phi) is 4.73. The summed E-state index contributed by atoms with van der Waals surface area (Å²) in [6.45, 7) is 11.6. The number of likely N-dealkylation sites (N-methyl/N-ethyl adjacent to an activating group) is 1. The highest BCUT2D eigenvalue weighted by molar-refractivity contribution is 5.79. The first-order chi connectivity index (χ1) is 12.2. The molecule has 0 aromatic carbocycles. The predicted molar refractivity (Wildman–Crippen MR) is 99.2 cm³/mol. The third-order valence-electron chi connectivity index (χ3n) is 5.06. The Morgan fingerprint density at radius 3 is 2.46 bits per heavy atom. The molecule has 0 spiro atoms. The molecule has 140 valence electrons. The molecule has 1 fully saturated rings. The lowest BCUT2D eigenvalue weighted by atomic mass is 9.92. The van der Waals surface area contributed by atoms with Gasteiger partial charge in [0.05, 0.1) is 23.9 Å². The second kappa shape index (κ2) is 6.70. The molecular formula is C19H27N5O2. The van der Waals surface area contributed by atoms with E-state index >= 15 is 0 Å². The van der Waals surface area contributed by atoms with Gasteiger partial charge in [-0.1, -0.05) is 25.9 Å². The number of carbonyl (C=O) groups excluding carboxylic acids is 1. The van der Waals surface area contributed by atoms with Crippen molar-refractivity contribution in [3.8, 4) is 0 Å². The topological polar surface area (TPSA) is 75.4 Å². The molecule has 0 radical (unpaired) electrons. The zero-order valence-corrected chi connectivity index (χ0v) is 16.4. The zero-order valence-electron chi connectivity index (χ0n) is 16.4. The van der Waals surface area contributed by atoms with Gasteiger partial charge in [-0.25, -0.2) is 0 Å². The lowest BCUT2D eigenvalue weighted by Gasteiger charge is -2.44. The van der Waals surface area contributed by atoms with Gasteiger partial charge in [0.25, 0.3) is 0 Å². The molecule has 0 N–H and O–H groups in total. The molecule has 0 saturated carbocycles. The van der Waals surface area contributed by atoms with Crippen molar-refractivity contribution in [1.82, 2.24) is 20.3 Å². The molecule has 7 nitrogen and oxygen atoms in total. The van der Waals surface area contributed by atoms with E-state index in [1.54, 1.807) is 0 Å². The molecule has 2 aromatic heterocycles. The van der Waals surface area contributed by atoms with Crippen LogP contribution < -0.4 is 4.90 Å². The Morgan fingerprint density at radius 1 is 1.27 bits per heavy atom. The molecule has 1 amide bonds. The minimum atomic E-state index is -0.00610. The van der Waals surface area contributed by atoms with Gasteiger partial charge in [-0.2, -0.15) is 5.10 Å². The SMILES string of the molecule is Cc1noc(C)c1CC(=O)N(C)C1CN(c2ccc(C(C)(C)C)nn2)C1. The smallest absolute Gasteiger partial charge is 0.227 e. The second-order valence-electron chi connectivity index (χ2n) is 8.07. The highest BCUT2D eigenvalue weighted by Crippen LogP contribution is 2.24. The van der Waals surface area contributed by atoms with Crippen LogP contribution in [0.1, 0.15) is 43.5 Å². The van der Waals surface area contributed by atoms with Gasteiger partial charge in [-0.05, 0) is 26.0 Å². The fourth-order valence-corrected chi connectivity index (χ4v) is 3.02. The van der Waals surface area contributed by atoms with Crippen LogP contribution in [0.25, 0.3) is 0 Å². The van der Waals surface area contributed by atoms with Crippen LogP contribution in [0.5, 0.6) is 0 Å². The maximum Gasteiger partial charge on any atom is 0.227 e. The number of rotatable bonds is 4. The van der Waals surface area contributed by atoms with Crippen molar-refractivity contribution in [3.05, 3.63) is 34.8 Å². The first-order valence-corrected chi connectivity index (χ1v) is 8.93. The van der Waals surface area contributed by atoms with Crippen molar-refractivity contribution in [1.29, 1.82) is 0 Å². The van der Waals surface area contributed by atoms with Crippen molar-refractivity contribution in [3.63, 3.8) is 0 Å². The van der Waals surface area contributed by atoms with E-state index in [0.717, 1.165) is 35.9 Å². The zero-order chi connectivity index (χ0) is 19.1. The number of aryl methyl sites for hydroxylation is 2. The normalized spacial score (nSPS) is 15.1. The summed E-state index contributed by atoms with van der Waals surface area (Å²) < 4.78 is 5.14. The number of nitrogens with zero attached hydrogens (tertiary/aromatic N) is 5. The molecule has 3 heterocycles. The predicted octanol–water partition coefficient (Wildman–Crippen LogP) is 2.27. The first-order valence-electron chi connectivity index (χ1n) is 8.93. The van der Waals surface area contributed by atoms with Gasteiger partial charge in [-0.3, -0.25) is 4.79 Å². The summed E-state index contributed by atoms with van der Waals surface area (Å²) in [5.41, 5.74) is 2.65. The summed E-state index contributed by atoms with van der Waals surface area (Å²) in [7, 11) is 1.86. The quantitative estimate of drug-likeness (QED) is 0.835. The number of hydrogen-bond donors (Lipinski definition) is 0. The highest BCUT2D eigenvalue weighted by atomic mass is 16.5. The van der Waals surface area contributed by atoms with Crippen LogP contribution in [0.2, 0.25) is 0 Å². The monoisotopic (exact) mass is 357 g/mol. The van der Waals surface area contributed by atoms with E-state index in [4.69, 9.17) is 4.52 Å². The molecule has 1 aliphatic heterocycles. The van der Waals surface area contributed by atoms with Crippen LogP contribution in [0.15, 0.2) is 16.7 Å². The average Bonchev–Trinajstić information content (AvgIpc) is 2.85. The third-order valence-corrected chi connectivity index (χ3v) is 5.06. The van der Waals surface area contributed by atoms with Crippen LogP contribution in [0.3, 0.4) is 0 Å². The lowest BCUT2D eigenvalue weighted by Crippen LogP contribution is -2.60. The lowest BCUT2D eigenvalue weighted by molar-refractivity contribution is -0.131. The maximum atomic E-state index is 12.6. The molecule has 0 aliphatic carbocycles. The van der Waals surface area contributed by atoms with Crippen LogP contribution in [-0.4, -0.2) is 52.3 Å². The average molecular weight is 357 g/mol. The van der Waals surface area contributed by atoms with E-state index < -0.39 is 0 Å². The van der Waals surface area contributed by atoms with Gasteiger partial charge in [0.2, 0.25) is 5.91 Å². The third kappa shape index (κ3) is 3.57. The van der Waals surface area contributed by atoms with E-state index in [-0.39, 0.29) is 17.4 Å². The number of carbonyl (C=O) groups is 1. The Hall–Kier alpha value is -2.44. The fourth-order valence-electron chi connectivity index (χ4n) is 3.02. The van der Waals surface area contributed by atoms with Crippen LogP contribution in [0, 0.1) is 13.8 Å². The van der Waals surface area contributed by atoms with Gasteiger partial charge in [0, 0.05) is 31.1 Å². The number of amides is 1. The first kappa shape index (κ1) is 18.4. The maximum absolute atomic E-state index is 12.6. The summed E-state index contributed by atoms with van der Waals surface area (Å²) in [6, 6.07) is 4.23. The molecule has 3 rings (SSSR count). The van der Waals surface area contributed by atoms with Crippen molar-refractivity contribution in [2.24, 2.45) is 0 Å². The van der Waals surface area contributed by atoms with E-state index in [2.05, 4.69) is 41.0 Å². The van der Waals surface area contributed by atoms with Crippen molar-refractivity contribution in [2.75, 3.05) is 25.0 Å². The molecule has 1 aliphatic rings. The largest absolute Gasteiger partial charge is 0.361 e. The summed E-state index contributed by atoms with van der Waals surface area (Å²) in [4.78, 5) is 16.5. The molecule has 2 aromatic rings. The van der Waals surface area contributed by atoms with Crippen molar-refractivity contribution >= 4 is 11.7 Å². The van der Waals surface area contributed by atoms with Crippen molar-refractivity contribution < 1.29 is 9.32 Å². The summed E-state index contributed by atoms with van der Waals surface area (Å²) in [5, 5.41) is 12.6. The number of aromatic nitrogens is 3. The van der Waals surface area contributed by atoms with Crippen LogP contribution in [0.4, 0.5) is 5.82 Å². The standard InChI is InChI=1S/C19H27N5O2/c1-12-15(13(2)26-22-12)9-18(25)23(6)14-10-24(11-14)17-8-7-16(20-21-17)19(3,4)5/h7-8,14H,9-11H2,1-6H3. The molecule has 1 saturated heterocycles. The van der Waals surface area contributed by atoms with Gasteiger partial charge in [0.1, 0.15) is 5.76 Å². The Balaban J connectivity index is 1.56. The Morgan fingerprint density at radius 2 is 1.96 bits per heavy atom. The molecule has 0 bridgehead atoms. The van der Waals surface area contributed by atoms with Crippen LogP contribution in [-0.2, 0) is 16.6 Å². The second-order valence-corrected chi connectivity index (χ2v) is 8.07. The number of anilines is 1. The van der Waals surface area contributed by atoms with E-state index in [1.165, 1.54) is 0 Å². The molecule has 0 unspecified atom stereocenters. The van der Waals surface area contributed by atoms with Gasteiger partial charge < -0.3 is 14.3 Å². The fraction of sp³-hybridized carbons (Fsp3) is 0.579. The molecule has 26 heavy (non-hydrogen) atoms.